The van der Waals surface area contributed by atoms with Crippen LogP contribution in [0.4, 0.5) is 10.6 Å². The van der Waals surface area contributed by atoms with E-state index >= 15 is 0 Å². The molecule has 0 saturated carbocycles. The van der Waals surface area contributed by atoms with Crippen molar-refractivity contribution in [1.82, 2.24) is 9.55 Å². The molecule has 0 radical (unpaired) electrons. The third-order valence-electron chi connectivity index (χ3n) is 3.18. The van der Waals surface area contributed by atoms with Crippen LogP contribution in [0.15, 0.2) is 29.7 Å². The van der Waals surface area contributed by atoms with Crippen molar-refractivity contribution in [2.45, 2.75) is 24.5 Å². The average Bonchev–Trinajstić information content (AvgIpc) is 2.81. The first kappa shape index (κ1) is 17.1. The summed E-state index contributed by atoms with van der Waals surface area (Å²) >= 11 is 0. The molecule has 1 aliphatic heterocycles. The van der Waals surface area contributed by atoms with Crippen LogP contribution in [0.3, 0.4) is 0 Å². The fraction of sp³-hybridized carbons (Fsp3) is 0.462. The minimum absolute atomic E-state index is 0.00540. The molecule has 2 heterocycles. The highest BCUT2D eigenvalue weighted by atomic mass is 16.6. The Kier molecular flexibility index (Phi) is 5.45. The molecule has 1 aromatic heterocycles. The zero-order valence-electron chi connectivity index (χ0n) is 12.0. The highest BCUT2D eigenvalue weighted by molar-refractivity contribution is 5.83. The quantitative estimate of drug-likeness (QED) is 0.483. The second kappa shape index (κ2) is 7.33. The van der Waals surface area contributed by atoms with E-state index in [9.17, 15) is 19.8 Å². The van der Waals surface area contributed by atoms with Gasteiger partial charge in [-0.3, -0.25) is 9.88 Å². The Morgan fingerprint density at radius 2 is 2.26 bits per heavy atom. The summed E-state index contributed by atoms with van der Waals surface area (Å²) in [7, 11) is 0. The highest BCUT2D eigenvalue weighted by Gasteiger charge is 2.43. The van der Waals surface area contributed by atoms with Gasteiger partial charge in [0, 0.05) is 6.20 Å². The number of rotatable bonds is 5. The van der Waals surface area contributed by atoms with Gasteiger partial charge in [0.05, 0.1) is 6.61 Å². The van der Waals surface area contributed by atoms with E-state index in [1.807, 2.05) is 0 Å². The predicted octanol–water partition coefficient (Wildman–Crippen LogP) is -1.41. The molecule has 1 saturated heterocycles. The molecule has 4 N–H and O–H groups in total. The predicted molar refractivity (Wildman–Crippen MR) is 76.7 cm³/mol. The lowest BCUT2D eigenvalue weighted by Crippen LogP contribution is -2.36. The van der Waals surface area contributed by atoms with Gasteiger partial charge in [-0.15, -0.1) is 0 Å². The van der Waals surface area contributed by atoms with Gasteiger partial charge < -0.3 is 24.8 Å². The Labute approximate surface area is 130 Å². The molecule has 0 aliphatic carbocycles. The summed E-state index contributed by atoms with van der Waals surface area (Å²) in [6, 6.07) is 1.30. The van der Waals surface area contributed by atoms with E-state index in [4.69, 9.17) is 9.84 Å². The highest BCUT2D eigenvalue weighted by Crippen LogP contribution is 2.28. The van der Waals surface area contributed by atoms with Crippen molar-refractivity contribution in [3.63, 3.8) is 0 Å². The van der Waals surface area contributed by atoms with Crippen molar-refractivity contribution in [3.8, 4) is 0 Å². The Morgan fingerprint density at radius 1 is 1.52 bits per heavy atom. The number of nitrogens with zero attached hydrogens (tertiary/aromatic N) is 2. The van der Waals surface area contributed by atoms with Gasteiger partial charge in [-0.05, 0) is 6.07 Å². The number of carbonyl (C=O) groups is 1. The lowest BCUT2D eigenvalue weighted by molar-refractivity contribution is -0.0549. The van der Waals surface area contributed by atoms with E-state index in [2.05, 4.69) is 21.6 Å². The molecule has 10 nitrogen and oxygen atoms in total. The van der Waals surface area contributed by atoms with Crippen LogP contribution >= 0.6 is 0 Å². The number of hydrogen-bond donors (Lipinski definition) is 4. The fourth-order valence-electron chi connectivity index (χ4n) is 2.06. The van der Waals surface area contributed by atoms with Crippen LogP contribution in [0, 0.1) is 0 Å². The number of carbonyl (C=O) groups excluding carboxylic acids is 1. The van der Waals surface area contributed by atoms with Crippen molar-refractivity contribution in [2.75, 3.05) is 18.5 Å². The SMILES string of the molecule is C=CCOC(=O)Nc1ccn([C@@H]2O[C@H](CO)C(O)C2O)c(=O)n1. The van der Waals surface area contributed by atoms with Crippen LogP contribution in [-0.4, -0.2) is 62.5 Å². The Hall–Kier alpha value is -2.27. The summed E-state index contributed by atoms with van der Waals surface area (Å²) < 4.78 is 10.9. The first-order chi connectivity index (χ1) is 11.0. The average molecular weight is 327 g/mol. The number of anilines is 1. The first-order valence-corrected chi connectivity index (χ1v) is 6.74. The third-order valence-corrected chi connectivity index (χ3v) is 3.18. The van der Waals surface area contributed by atoms with E-state index in [1.54, 1.807) is 0 Å². The minimum Gasteiger partial charge on any atom is -0.445 e. The van der Waals surface area contributed by atoms with Gasteiger partial charge in [-0.2, -0.15) is 4.98 Å². The lowest BCUT2D eigenvalue weighted by atomic mass is 10.1. The van der Waals surface area contributed by atoms with Crippen molar-refractivity contribution in [3.05, 3.63) is 35.4 Å². The molecule has 23 heavy (non-hydrogen) atoms. The van der Waals surface area contributed by atoms with Gasteiger partial charge in [0.15, 0.2) is 6.23 Å². The monoisotopic (exact) mass is 327 g/mol. The normalized spacial score (nSPS) is 26.7. The smallest absolute Gasteiger partial charge is 0.413 e. The van der Waals surface area contributed by atoms with Crippen molar-refractivity contribution < 1.29 is 29.6 Å². The van der Waals surface area contributed by atoms with Crippen LogP contribution in [0.1, 0.15) is 6.23 Å². The summed E-state index contributed by atoms with van der Waals surface area (Å²) in [5.41, 5.74) is -0.818. The zero-order valence-corrected chi connectivity index (χ0v) is 12.0. The molecule has 2 rings (SSSR count). The molecule has 126 valence electrons. The Balaban J connectivity index is 2.12. The summed E-state index contributed by atoms with van der Waals surface area (Å²) in [4.78, 5) is 26.9. The second-order valence-corrected chi connectivity index (χ2v) is 4.74. The van der Waals surface area contributed by atoms with Crippen LogP contribution in [0.25, 0.3) is 0 Å². The summed E-state index contributed by atoms with van der Waals surface area (Å²) in [6.07, 6.45) is -3.11. The molecule has 2 unspecified atom stereocenters. The van der Waals surface area contributed by atoms with E-state index < -0.39 is 42.9 Å². The third kappa shape index (κ3) is 3.74. The molecule has 4 atom stereocenters. The van der Waals surface area contributed by atoms with Gasteiger partial charge in [-0.1, -0.05) is 12.7 Å². The van der Waals surface area contributed by atoms with E-state index in [0.717, 1.165) is 4.57 Å². The topological polar surface area (TPSA) is 143 Å². The number of nitrogens with one attached hydrogen (secondary N) is 1. The molecule has 1 aliphatic rings. The van der Waals surface area contributed by atoms with Crippen LogP contribution < -0.4 is 11.0 Å². The molecule has 1 aromatic rings. The van der Waals surface area contributed by atoms with Gasteiger partial charge in [0.2, 0.25) is 0 Å². The Morgan fingerprint density at radius 3 is 2.83 bits per heavy atom. The number of amides is 1. The zero-order chi connectivity index (χ0) is 17.0. The molecular weight excluding hydrogens is 310 g/mol. The minimum atomic E-state index is -1.40. The molecule has 1 amide bonds. The fourth-order valence-corrected chi connectivity index (χ4v) is 2.06. The first-order valence-electron chi connectivity index (χ1n) is 6.74. The number of ether oxygens (including phenoxy) is 2. The summed E-state index contributed by atoms with van der Waals surface area (Å²) in [5, 5.41) is 30.8. The van der Waals surface area contributed by atoms with Crippen LogP contribution in [0.5, 0.6) is 0 Å². The molecular formula is C13H17N3O7. The van der Waals surface area contributed by atoms with Gasteiger partial charge in [0.25, 0.3) is 0 Å². The second-order valence-electron chi connectivity index (χ2n) is 4.74. The van der Waals surface area contributed by atoms with E-state index in [1.165, 1.54) is 18.3 Å². The largest absolute Gasteiger partial charge is 0.445 e. The van der Waals surface area contributed by atoms with Gasteiger partial charge in [0.1, 0.15) is 30.7 Å². The molecule has 0 spiro atoms. The molecule has 0 aromatic carbocycles. The summed E-state index contributed by atoms with van der Waals surface area (Å²) in [6.45, 7) is 2.88. The molecule has 1 fully saturated rings. The number of aliphatic hydroxyl groups excluding tert-OH is 3. The maximum atomic E-state index is 12.0. The van der Waals surface area contributed by atoms with Crippen molar-refractivity contribution in [1.29, 1.82) is 0 Å². The van der Waals surface area contributed by atoms with Crippen LogP contribution in [0.2, 0.25) is 0 Å². The maximum absolute atomic E-state index is 12.0. The lowest BCUT2D eigenvalue weighted by Gasteiger charge is -2.17. The number of aromatic nitrogens is 2. The molecule has 10 heteroatoms. The maximum Gasteiger partial charge on any atom is 0.413 e. The van der Waals surface area contributed by atoms with Gasteiger partial charge in [-0.25, -0.2) is 9.59 Å². The van der Waals surface area contributed by atoms with E-state index in [-0.39, 0.29) is 12.4 Å². The van der Waals surface area contributed by atoms with Crippen molar-refractivity contribution in [2.24, 2.45) is 0 Å². The van der Waals surface area contributed by atoms with Crippen molar-refractivity contribution >= 4 is 11.9 Å². The van der Waals surface area contributed by atoms with Gasteiger partial charge >= 0.3 is 11.8 Å². The Bertz CT molecular complexity index is 632. The van der Waals surface area contributed by atoms with Crippen LogP contribution in [-0.2, 0) is 9.47 Å². The summed E-state index contributed by atoms with van der Waals surface area (Å²) in [5.74, 6) is -0.0490. The number of aliphatic hydroxyl groups is 3. The molecule has 0 bridgehead atoms. The standard InChI is InChI=1S/C13H17N3O7/c1-2-5-22-13(21)15-8-3-4-16(12(20)14-8)11-10(19)9(18)7(6-17)23-11/h2-4,7,9-11,17-19H,1,5-6H2,(H,14,15,20,21)/t7-,9?,10?,11-/m1/s1. The van der Waals surface area contributed by atoms with E-state index in [0.29, 0.717) is 0 Å². The number of hydrogen-bond acceptors (Lipinski definition) is 8.